The lowest BCUT2D eigenvalue weighted by atomic mass is 10.1. The van der Waals surface area contributed by atoms with Gasteiger partial charge in [0.05, 0.1) is 5.69 Å². The third-order valence-electron chi connectivity index (χ3n) is 4.66. The van der Waals surface area contributed by atoms with E-state index in [0.29, 0.717) is 12.1 Å². The Kier molecular flexibility index (Phi) is 12.5. The number of anilines is 1. The molecule has 0 radical (unpaired) electrons. The largest absolute Gasteiger partial charge is 0.506 e. The van der Waals surface area contributed by atoms with Gasteiger partial charge in [0.25, 0.3) is 0 Å². The third-order valence-corrected chi connectivity index (χ3v) is 4.86. The summed E-state index contributed by atoms with van der Waals surface area (Å²) >= 11 is 5.15. The highest BCUT2D eigenvalue weighted by atomic mass is 32.1. The van der Waals surface area contributed by atoms with Crippen molar-refractivity contribution in [2.45, 2.75) is 90.9 Å². The van der Waals surface area contributed by atoms with Crippen molar-refractivity contribution in [1.29, 1.82) is 0 Å². The Labute approximate surface area is 170 Å². The van der Waals surface area contributed by atoms with Gasteiger partial charge in [-0.3, -0.25) is 4.79 Å². The molecule has 1 amide bonds. The number of hydrogen-bond acceptors (Lipinski definition) is 3. The summed E-state index contributed by atoms with van der Waals surface area (Å²) in [6.07, 6.45) is 14.4. The number of hydrogen-bond donors (Lipinski definition) is 3. The number of carbonyl (C=O) groups excluding carboxylic acids is 1. The van der Waals surface area contributed by atoms with E-state index in [4.69, 9.17) is 12.2 Å². The van der Waals surface area contributed by atoms with Crippen LogP contribution in [0.15, 0.2) is 18.2 Å². The third kappa shape index (κ3) is 11.6. The topological polar surface area (TPSA) is 61.4 Å². The Bertz CT molecular complexity index is 575. The van der Waals surface area contributed by atoms with Crippen molar-refractivity contribution in [3.05, 3.63) is 23.8 Å². The number of phenolic OH excluding ortho intramolecular Hbond substituents is 1. The molecule has 0 fully saturated rings. The highest BCUT2D eigenvalue weighted by molar-refractivity contribution is 7.80. The molecule has 1 rings (SSSR count). The van der Waals surface area contributed by atoms with E-state index in [1.54, 1.807) is 12.1 Å². The number of nitrogens with one attached hydrogen (secondary N) is 2. The zero-order valence-corrected chi connectivity index (χ0v) is 17.8. The molecule has 0 bridgehead atoms. The molecule has 0 aliphatic carbocycles. The molecule has 27 heavy (non-hydrogen) atoms. The monoisotopic (exact) mass is 392 g/mol. The number of carbonyl (C=O) groups is 1. The molecule has 4 nitrogen and oxygen atoms in total. The van der Waals surface area contributed by atoms with Crippen LogP contribution in [0.5, 0.6) is 5.75 Å². The number of unbranched alkanes of at least 4 members (excludes halogenated alkanes) is 10. The standard InChI is InChI=1S/C22H36N2O2S/c1-3-4-5-6-7-8-9-10-11-12-13-14-21(26)24-22(27)23-19-17-18(2)15-16-20(19)25/h15-17,25H,3-14H2,1-2H3,(H2,23,24,26,27). The van der Waals surface area contributed by atoms with Crippen molar-refractivity contribution in [3.8, 4) is 5.75 Å². The molecule has 0 atom stereocenters. The first kappa shape index (κ1) is 23.4. The van der Waals surface area contributed by atoms with Crippen molar-refractivity contribution in [2.75, 3.05) is 5.32 Å². The zero-order chi connectivity index (χ0) is 19.9. The van der Waals surface area contributed by atoms with Crippen molar-refractivity contribution < 1.29 is 9.90 Å². The van der Waals surface area contributed by atoms with Gasteiger partial charge in [0, 0.05) is 6.42 Å². The average Bonchev–Trinajstić information content (AvgIpc) is 2.62. The van der Waals surface area contributed by atoms with Gasteiger partial charge in [0.2, 0.25) is 5.91 Å². The lowest BCUT2D eigenvalue weighted by molar-refractivity contribution is -0.119. The van der Waals surface area contributed by atoms with Crippen LogP contribution in [0.2, 0.25) is 0 Å². The number of amides is 1. The van der Waals surface area contributed by atoms with E-state index in [0.717, 1.165) is 18.4 Å². The van der Waals surface area contributed by atoms with Crippen molar-refractivity contribution in [3.63, 3.8) is 0 Å². The first-order chi connectivity index (χ1) is 13.0. The number of thiocarbonyl (C=S) groups is 1. The maximum Gasteiger partial charge on any atom is 0.226 e. The Morgan fingerprint density at radius 3 is 2.11 bits per heavy atom. The molecule has 0 aromatic heterocycles. The summed E-state index contributed by atoms with van der Waals surface area (Å²) in [5.41, 5.74) is 1.51. The van der Waals surface area contributed by atoms with Crippen molar-refractivity contribution in [2.24, 2.45) is 0 Å². The van der Waals surface area contributed by atoms with Crippen LogP contribution in [0.1, 0.15) is 89.5 Å². The highest BCUT2D eigenvalue weighted by Gasteiger charge is 2.07. The summed E-state index contributed by atoms with van der Waals surface area (Å²) in [6.45, 7) is 4.18. The normalized spacial score (nSPS) is 10.6. The second-order valence-electron chi connectivity index (χ2n) is 7.31. The van der Waals surface area contributed by atoms with Crippen LogP contribution in [0.3, 0.4) is 0 Å². The van der Waals surface area contributed by atoms with Crippen LogP contribution in [0, 0.1) is 6.92 Å². The second kappa shape index (κ2) is 14.4. The van der Waals surface area contributed by atoms with E-state index >= 15 is 0 Å². The number of phenols is 1. The fraction of sp³-hybridized carbons (Fsp3) is 0.636. The van der Waals surface area contributed by atoms with Gasteiger partial charge in [-0.25, -0.2) is 0 Å². The van der Waals surface area contributed by atoms with E-state index in [9.17, 15) is 9.90 Å². The van der Waals surface area contributed by atoms with Gasteiger partial charge in [-0.2, -0.15) is 0 Å². The predicted molar refractivity (Wildman–Crippen MR) is 118 cm³/mol. The summed E-state index contributed by atoms with van der Waals surface area (Å²) in [5, 5.41) is 15.6. The maximum absolute atomic E-state index is 12.0. The summed E-state index contributed by atoms with van der Waals surface area (Å²) in [4.78, 5) is 12.0. The Balaban J connectivity index is 2.04. The Morgan fingerprint density at radius 2 is 1.52 bits per heavy atom. The first-order valence-electron chi connectivity index (χ1n) is 10.4. The van der Waals surface area contributed by atoms with Gasteiger partial charge < -0.3 is 15.7 Å². The molecular weight excluding hydrogens is 356 g/mol. The summed E-state index contributed by atoms with van der Waals surface area (Å²) < 4.78 is 0. The fourth-order valence-corrected chi connectivity index (χ4v) is 3.27. The number of aromatic hydroxyl groups is 1. The van der Waals surface area contributed by atoms with Gasteiger partial charge in [0.1, 0.15) is 5.75 Å². The predicted octanol–water partition coefficient (Wildman–Crippen LogP) is 6.21. The molecule has 3 N–H and O–H groups in total. The second-order valence-corrected chi connectivity index (χ2v) is 7.72. The molecule has 1 aromatic rings. The average molecular weight is 393 g/mol. The van der Waals surface area contributed by atoms with Gasteiger partial charge >= 0.3 is 0 Å². The van der Waals surface area contributed by atoms with Gasteiger partial charge in [0.15, 0.2) is 5.11 Å². The van der Waals surface area contributed by atoms with Crippen molar-refractivity contribution >= 4 is 28.9 Å². The molecule has 0 aliphatic rings. The summed E-state index contributed by atoms with van der Waals surface area (Å²) in [6, 6.07) is 5.21. The van der Waals surface area contributed by atoms with Crippen LogP contribution in [-0.4, -0.2) is 16.1 Å². The van der Waals surface area contributed by atoms with Crippen LogP contribution < -0.4 is 10.6 Å². The van der Waals surface area contributed by atoms with Gasteiger partial charge in [-0.15, -0.1) is 0 Å². The quantitative estimate of drug-likeness (QED) is 0.212. The zero-order valence-electron chi connectivity index (χ0n) is 17.0. The number of benzene rings is 1. The molecule has 1 aromatic carbocycles. The van der Waals surface area contributed by atoms with E-state index in [1.807, 2.05) is 13.0 Å². The minimum Gasteiger partial charge on any atom is -0.506 e. The molecule has 0 unspecified atom stereocenters. The van der Waals surface area contributed by atoms with Crippen LogP contribution >= 0.6 is 12.2 Å². The van der Waals surface area contributed by atoms with E-state index < -0.39 is 0 Å². The Morgan fingerprint density at radius 1 is 0.963 bits per heavy atom. The smallest absolute Gasteiger partial charge is 0.226 e. The van der Waals surface area contributed by atoms with Crippen molar-refractivity contribution in [1.82, 2.24) is 5.32 Å². The van der Waals surface area contributed by atoms with Gasteiger partial charge in [-0.1, -0.05) is 77.2 Å². The summed E-state index contributed by atoms with van der Waals surface area (Å²) in [7, 11) is 0. The number of rotatable bonds is 13. The van der Waals surface area contributed by atoms with E-state index in [1.165, 1.54) is 57.8 Å². The minimum atomic E-state index is -0.0735. The molecule has 152 valence electrons. The molecule has 0 spiro atoms. The summed E-state index contributed by atoms with van der Waals surface area (Å²) in [5.74, 6) is 0.0399. The Hall–Kier alpha value is -1.62. The number of aryl methyl sites for hydroxylation is 1. The lowest BCUT2D eigenvalue weighted by Crippen LogP contribution is -2.33. The minimum absolute atomic E-state index is 0.0735. The maximum atomic E-state index is 12.0. The molecule has 5 heteroatoms. The lowest BCUT2D eigenvalue weighted by Gasteiger charge is -2.11. The first-order valence-corrected chi connectivity index (χ1v) is 10.8. The van der Waals surface area contributed by atoms with Crippen LogP contribution in [0.25, 0.3) is 0 Å². The molecule has 0 saturated carbocycles. The molecular formula is C22H36N2O2S. The van der Waals surface area contributed by atoms with Gasteiger partial charge in [-0.05, 0) is 43.3 Å². The highest BCUT2D eigenvalue weighted by Crippen LogP contribution is 2.23. The van der Waals surface area contributed by atoms with Crippen LogP contribution in [0.4, 0.5) is 5.69 Å². The fourth-order valence-electron chi connectivity index (χ4n) is 3.04. The van der Waals surface area contributed by atoms with Crippen LogP contribution in [-0.2, 0) is 4.79 Å². The van der Waals surface area contributed by atoms with E-state index in [-0.39, 0.29) is 16.8 Å². The molecule has 0 heterocycles. The molecule has 0 saturated heterocycles. The SMILES string of the molecule is CCCCCCCCCCCCCC(=O)NC(=S)Nc1cc(C)ccc1O. The van der Waals surface area contributed by atoms with E-state index in [2.05, 4.69) is 17.6 Å². The molecule has 0 aliphatic heterocycles.